The summed E-state index contributed by atoms with van der Waals surface area (Å²) in [5.41, 5.74) is -1.57. The molecule has 1 aromatic carbocycles. The van der Waals surface area contributed by atoms with Gasteiger partial charge < -0.3 is 10.1 Å². The molecule has 0 spiro atoms. The Hall–Kier alpha value is -2.89. The van der Waals surface area contributed by atoms with Gasteiger partial charge in [-0.25, -0.2) is 22.9 Å². The smallest absolute Gasteiger partial charge is 0.417 e. The van der Waals surface area contributed by atoms with Gasteiger partial charge in [0.1, 0.15) is 0 Å². The number of carboxylic acid groups (broad SMARTS) is 1. The lowest BCUT2D eigenvalue weighted by molar-refractivity contribution is -0.139. The summed E-state index contributed by atoms with van der Waals surface area (Å²) in [5, 5.41) is 12.6. The molecule has 0 fully saturated rings. The number of aromatic nitrogens is 4. The lowest BCUT2D eigenvalue weighted by Gasteiger charge is -2.11. The molecule has 0 saturated heterocycles. The zero-order valence-corrected chi connectivity index (χ0v) is 13.2. The summed E-state index contributed by atoms with van der Waals surface area (Å²) < 4.78 is 63.8. The van der Waals surface area contributed by atoms with E-state index in [0.717, 1.165) is 23.1 Å². The third-order valence-corrected chi connectivity index (χ3v) is 4.46. The van der Waals surface area contributed by atoms with Gasteiger partial charge in [-0.05, 0) is 12.1 Å². The molecule has 2 heterocycles. The van der Waals surface area contributed by atoms with Crippen molar-refractivity contribution in [2.75, 3.05) is 6.26 Å². The number of imidazole rings is 1. The monoisotopic (exact) mass is 374 g/mol. The molecule has 3 rings (SSSR count). The van der Waals surface area contributed by atoms with Crippen LogP contribution in [0.2, 0.25) is 0 Å². The fraction of sp³-hybridized carbons (Fsp3) is 0.154. The zero-order valence-electron chi connectivity index (χ0n) is 12.4. The summed E-state index contributed by atoms with van der Waals surface area (Å²) in [7, 11) is -4.14. The average molecular weight is 374 g/mol. The molecule has 8 nitrogen and oxygen atoms in total. The summed E-state index contributed by atoms with van der Waals surface area (Å²) in [6.07, 6.45) is -2.05. The standard InChI is InChI=1S/C13H9F3N4O4S/c1-25(23,24)10-3-9-8(2-7(10)13(14,15)16)18-12(19-9)20-5-6(4-17-20)11(21)22/h2-5H,1H3,(H,18,19)(H,21,22). The van der Waals surface area contributed by atoms with E-state index < -0.39 is 32.4 Å². The SMILES string of the molecule is CS(=O)(=O)c1cc2[nH]c(-n3cc(C(=O)O)cn3)nc2cc1C(F)(F)F. The highest BCUT2D eigenvalue weighted by Gasteiger charge is 2.37. The molecule has 0 unspecified atom stereocenters. The number of sulfone groups is 1. The number of benzene rings is 1. The van der Waals surface area contributed by atoms with Crippen molar-refractivity contribution in [3.8, 4) is 5.95 Å². The summed E-state index contributed by atoms with van der Waals surface area (Å²) in [6.45, 7) is 0. The van der Waals surface area contributed by atoms with E-state index in [1.54, 1.807) is 0 Å². The molecule has 132 valence electrons. The third-order valence-electron chi connectivity index (χ3n) is 3.32. The predicted molar refractivity (Wildman–Crippen MR) is 78.3 cm³/mol. The van der Waals surface area contributed by atoms with Crippen molar-refractivity contribution in [2.45, 2.75) is 11.1 Å². The highest BCUT2D eigenvalue weighted by molar-refractivity contribution is 7.90. The van der Waals surface area contributed by atoms with E-state index in [2.05, 4.69) is 15.1 Å². The molecule has 0 radical (unpaired) electrons. The predicted octanol–water partition coefficient (Wildman–Crippen LogP) is 1.87. The van der Waals surface area contributed by atoms with Crippen LogP contribution in [-0.2, 0) is 16.0 Å². The Labute approximate surface area is 137 Å². The zero-order chi connectivity index (χ0) is 18.6. The van der Waals surface area contributed by atoms with E-state index in [1.165, 1.54) is 0 Å². The van der Waals surface area contributed by atoms with Gasteiger partial charge in [-0.15, -0.1) is 0 Å². The second-order valence-electron chi connectivity index (χ2n) is 5.17. The van der Waals surface area contributed by atoms with Gasteiger partial charge in [-0.3, -0.25) is 0 Å². The Morgan fingerprint density at radius 3 is 2.52 bits per heavy atom. The minimum atomic E-state index is -4.88. The van der Waals surface area contributed by atoms with E-state index in [1.807, 2.05) is 0 Å². The van der Waals surface area contributed by atoms with E-state index in [4.69, 9.17) is 5.11 Å². The number of rotatable bonds is 3. The molecule has 0 aliphatic rings. The number of hydrogen-bond donors (Lipinski definition) is 2. The largest absolute Gasteiger partial charge is 0.478 e. The Balaban J connectivity index is 2.22. The van der Waals surface area contributed by atoms with Crippen LogP contribution < -0.4 is 0 Å². The van der Waals surface area contributed by atoms with Crippen molar-refractivity contribution in [3.05, 3.63) is 35.7 Å². The lowest BCUT2D eigenvalue weighted by Crippen LogP contribution is -2.12. The maximum Gasteiger partial charge on any atom is 0.417 e. The van der Waals surface area contributed by atoms with Crippen molar-refractivity contribution in [1.29, 1.82) is 0 Å². The van der Waals surface area contributed by atoms with E-state index in [0.29, 0.717) is 12.3 Å². The number of aromatic amines is 1. The maximum absolute atomic E-state index is 13.1. The molecule has 0 saturated carbocycles. The van der Waals surface area contributed by atoms with Crippen molar-refractivity contribution in [2.24, 2.45) is 0 Å². The van der Waals surface area contributed by atoms with Gasteiger partial charge in [0.25, 0.3) is 0 Å². The van der Waals surface area contributed by atoms with Gasteiger partial charge in [0.05, 0.1) is 33.3 Å². The Bertz CT molecular complexity index is 1100. The fourth-order valence-corrected chi connectivity index (χ4v) is 3.12. The number of halogens is 3. The molecule has 12 heteroatoms. The van der Waals surface area contributed by atoms with Crippen molar-refractivity contribution in [3.63, 3.8) is 0 Å². The molecule has 0 aliphatic heterocycles. The molecular weight excluding hydrogens is 365 g/mol. The van der Waals surface area contributed by atoms with Crippen LogP contribution >= 0.6 is 0 Å². The number of fused-ring (bicyclic) bond motifs is 1. The molecule has 2 aromatic heterocycles. The number of carbonyl (C=O) groups is 1. The van der Waals surface area contributed by atoms with Crippen LogP contribution in [0.15, 0.2) is 29.4 Å². The van der Waals surface area contributed by atoms with E-state index >= 15 is 0 Å². The number of nitrogens with zero attached hydrogens (tertiary/aromatic N) is 3. The van der Waals surface area contributed by atoms with Gasteiger partial charge >= 0.3 is 12.1 Å². The summed E-state index contributed by atoms with van der Waals surface area (Å²) in [5.74, 6) is -1.29. The molecule has 0 bridgehead atoms. The van der Waals surface area contributed by atoms with Crippen LogP contribution in [0.1, 0.15) is 15.9 Å². The number of nitrogens with one attached hydrogen (secondary N) is 1. The van der Waals surface area contributed by atoms with Crippen LogP contribution in [0.3, 0.4) is 0 Å². The van der Waals surface area contributed by atoms with Gasteiger partial charge in [0, 0.05) is 12.5 Å². The molecule has 2 N–H and O–H groups in total. The second-order valence-corrected chi connectivity index (χ2v) is 7.16. The maximum atomic E-state index is 13.1. The average Bonchev–Trinajstić information content (AvgIpc) is 3.10. The first-order chi connectivity index (χ1) is 11.5. The number of hydrogen-bond acceptors (Lipinski definition) is 5. The molecular formula is C13H9F3N4O4S. The number of H-pyrrole nitrogens is 1. The highest BCUT2D eigenvalue weighted by Crippen LogP contribution is 2.36. The summed E-state index contributed by atoms with van der Waals surface area (Å²) in [6, 6.07) is 1.46. The van der Waals surface area contributed by atoms with Crippen LogP contribution in [0.25, 0.3) is 17.0 Å². The number of carboxylic acids is 1. The van der Waals surface area contributed by atoms with Crippen molar-refractivity contribution < 1.29 is 31.5 Å². The summed E-state index contributed by atoms with van der Waals surface area (Å²) >= 11 is 0. The highest BCUT2D eigenvalue weighted by atomic mass is 32.2. The van der Waals surface area contributed by atoms with E-state index in [-0.39, 0.29) is 22.5 Å². The Morgan fingerprint density at radius 1 is 1.32 bits per heavy atom. The van der Waals surface area contributed by atoms with Crippen LogP contribution in [0.4, 0.5) is 13.2 Å². The quantitative estimate of drug-likeness (QED) is 0.723. The van der Waals surface area contributed by atoms with Crippen molar-refractivity contribution >= 4 is 26.8 Å². The van der Waals surface area contributed by atoms with Gasteiger partial charge in [0.2, 0.25) is 5.95 Å². The lowest BCUT2D eigenvalue weighted by atomic mass is 10.2. The number of alkyl halides is 3. The molecule has 25 heavy (non-hydrogen) atoms. The number of aromatic carboxylic acids is 1. The summed E-state index contributed by atoms with van der Waals surface area (Å²) in [4.78, 5) is 16.5. The first-order valence-corrected chi connectivity index (χ1v) is 8.45. The first-order valence-electron chi connectivity index (χ1n) is 6.56. The van der Waals surface area contributed by atoms with Crippen LogP contribution in [-0.4, -0.2) is 45.5 Å². The second kappa shape index (κ2) is 5.31. The third kappa shape index (κ3) is 3.07. The Kier molecular flexibility index (Phi) is 3.60. The van der Waals surface area contributed by atoms with Crippen molar-refractivity contribution in [1.82, 2.24) is 19.7 Å². The minimum absolute atomic E-state index is 0.0378. The van der Waals surface area contributed by atoms with E-state index in [9.17, 15) is 26.4 Å². The van der Waals surface area contributed by atoms with Gasteiger partial charge in [0.15, 0.2) is 9.84 Å². The normalized spacial score (nSPS) is 12.6. The molecule has 0 atom stereocenters. The van der Waals surface area contributed by atoms with Crippen LogP contribution in [0.5, 0.6) is 0 Å². The molecule has 0 amide bonds. The molecule has 3 aromatic rings. The minimum Gasteiger partial charge on any atom is -0.478 e. The van der Waals surface area contributed by atoms with Gasteiger partial charge in [-0.1, -0.05) is 0 Å². The van der Waals surface area contributed by atoms with Crippen LogP contribution in [0, 0.1) is 0 Å². The van der Waals surface area contributed by atoms with Gasteiger partial charge in [-0.2, -0.15) is 18.3 Å². The topological polar surface area (TPSA) is 118 Å². The molecule has 0 aliphatic carbocycles. The fourth-order valence-electron chi connectivity index (χ4n) is 2.21. The first kappa shape index (κ1) is 17.0. The Morgan fingerprint density at radius 2 is 2.00 bits per heavy atom.